The molecule has 1 aromatic carbocycles. The Morgan fingerprint density at radius 2 is 2.26 bits per heavy atom. The van der Waals surface area contributed by atoms with E-state index < -0.39 is 4.92 Å². The molecule has 0 radical (unpaired) electrons. The summed E-state index contributed by atoms with van der Waals surface area (Å²) in [5.74, 6) is -0.389. The van der Waals surface area contributed by atoms with Crippen LogP contribution in [-0.2, 0) is 4.79 Å². The summed E-state index contributed by atoms with van der Waals surface area (Å²) >= 11 is 4.54. The highest BCUT2D eigenvalue weighted by Crippen LogP contribution is 2.24. The van der Waals surface area contributed by atoms with Crippen molar-refractivity contribution in [2.75, 3.05) is 5.32 Å². The first kappa shape index (κ1) is 14.5. The number of nitro groups is 1. The number of carbonyl (C=O) groups excluding carboxylic acids is 1. The lowest BCUT2D eigenvalue weighted by Gasteiger charge is -2.04. The highest BCUT2D eigenvalue weighted by Gasteiger charge is 2.14. The number of nitrogens with two attached hydrogens (primary N) is 1. The van der Waals surface area contributed by atoms with Gasteiger partial charge >= 0.3 is 0 Å². The van der Waals surface area contributed by atoms with Gasteiger partial charge in [-0.3, -0.25) is 20.3 Å². The highest BCUT2D eigenvalue weighted by atomic mass is 32.1. The Kier molecular flexibility index (Phi) is 4.89. The zero-order valence-electron chi connectivity index (χ0n) is 9.91. The minimum Gasteiger partial charge on any atom is -0.375 e. The number of nitrogens with one attached hydrogen (secondary N) is 2. The maximum absolute atomic E-state index is 10.9. The fourth-order valence-electron chi connectivity index (χ4n) is 1.25. The van der Waals surface area contributed by atoms with Crippen LogP contribution in [0, 0.1) is 10.1 Å². The molecule has 0 aromatic heterocycles. The highest BCUT2D eigenvalue weighted by molar-refractivity contribution is 7.80. The lowest BCUT2D eigenvalue weighted by molar-refractivity contribution is -0.383. The molecule has 0 aliphatic heterocycles. The number of nitrogens with zero attached hydrogens (tertiary/aromatic N) is 2. The summed E-state index contributed by atoms with van der Waals surface area (Å²) in [6.07, 6.45) is 1.32. The number of carbonyl (C=O) groups is 1. The smallest absolute Gasteiger partial charge is 0.293 e. The molecule has 9 heteroatoms. The molecule has 4 N–H and O–H groups in total. The van der Waals surface area contributed by atoms with Gasteiger partial charge in [0.05, 0.1) is 11.1 Å². The molecule has 1 amide bonds. The van der Waals surface area contributed by atoms with E-state index in [9.17, 15) is 14.9 Å². The van der Waals surface area contributed by atoms with Crippen molar-refractivity contribution in [3.8, 4) is 0 Å². The molecule has 8 nitrogen and oxygen atoms in total. The van der Waals surface area contributed by atoms with Gasteiger partial charge in [0.15, 0.2) is 5.11 Å². The van der Waals surface area contributed by atoms with Gasteiger partial charge in [-0.2, -0.15) is 5.10 Å². The summed E-state index contributed by atoms with van der Waals surface area (Å²) in [6, 6.07) is 4.25. The summed E-state index contributed by atoms with van der Waals surface area (Å²) in [6.45, 7) is 1.27. The summed E-state index contributed by atoms with van der Waals surface area (Å²) in [5.41, 5.74) is 7.85. The van der Waals surface area contributed by atoms with Gasteiger partial charge in [0, 0.05) is 18.6 Å². The number of hydrazone groups is 1. The molecule has 19 heavy (non-hydrogen) atoms. The van der Waals surface area contributed by atoms with Crippen LogP contribution in [0.1, 0.15) is 12.5 Å². The normalized spacial score (nSPS) is 10.2. The minimum absolute atomic E-state index is 0.0133. The minimum atomic E-state index is -0.594. The van der Waals surface area contributed by atoms with E-state index in [1.807, 2.05) is 0 Å². The number of rotatable bonds is 4. The van der Waals surface area contributed by atoms with E-state index in [-0.39, 0.29) is 22.4 Å². The number of anilines is 1. The number of amides is 1. The third-order valence-electron chi connectivity index (χ3n) is 1.92. The van der Waals surface area contributed by atoms with E-state index >= 15 is 0 Å². The monoisotopic (exact) mass is 281 g/mol. The van der Waals surface area contributed by atoms with Gasteiger partial charge in [0.1, 0.15) is 5.69 Å². The molecule has 0 spiro atoms. The first-order valence-electron chi connectivity index (χ1n) is 5.04. The van der Waals surface area contributed by atoms with E-state index in [0.717, 1.165) is 0 Å². The maximum atomic E-state index is 10.9. The second-order valence-electron chi connectivity index (χ2n) is 3.45. The van der Waals surface area contributed by atoms with Crippen molar-refractivity contribution >= 4 is 40.8 Å². The van der Waals surface area contributed by atoms with Crippen LogP contribution in [0.15, 0.2) is 23.3 Å². The molecule has 1 rings (SSSR count). The molecule has 0 aliphatic rings. The third-order valence-corrected chi connectivity index (χ3v) is 2.01. The van der Waals surface area contributed by atoms with Crippen LogP contribution in [0.5, 0.6) is 0 Å². The van der Waals surface area contributed by atoms with Crippen LogP contribution in [0.2, 0.25) is 0 Å². The summed E-state index contributed by atoms with van der Waals surface area (Å²) in [4.78, 5) is 21.2. The summed E-state index contributed by atoms with van der Waals surface area (Å²) in [7, 11) is 0. The van der Waals surface area contributed by atoms with Gasteiger partial charge in [-0.05, 0) is 18.3 Å². The predicted octanol–water partition coefficient (Wildman–Crippen LogP) is 0.720. The second-order valence-corrected chi connectivity index (χ2v) is 3.89. The second kappa shape index (κ2) is 6.40. The third kappa shape index (κ3) is 4.68. The predicted molar refractivity (Wildman–Crippen MR) is 74.9 cm³/mol. The summed E-state index contributed by atoms with van der Waals surface area (Å²) in [5, 5.41) is 16.9. The zero-order valence-corrected chi connectivity index (χ0v) is 10.7. The van der Waals surface area contributed by atoms with E-state index in [0.29, 0.717) is 5.56 Å². The van der Waals surface area contributed by atoms with E-state index in [1.54, 1.807) is 6.07 Å². The fourth-order valence-corrected chi connectivity index (χ4v) is 1.30. The van der Waals surface area contributed by atoms with Gasteiger partial charge in [-0.15, -0.1) is 0 Å². The van der Waals surface area contributed by atoms with Crippen LogP contribution in [0.3, 0.4) is 0 Å². The molecular weight excluding hydrogens is 270 g/mol. The SMILES string of the molecule is CC(=O)Nc1ccc(C=NNC(N)=S)cc1[N+](=O)[O-]. The Morgan fingerprint density at radius 1 is 1.58 bits per heavy atom. The molecule has 1 aromatic rings. The Morgan fingerprint density at radius 3 is 2.79 bits per heavy atom. The number of nitro benzene ring substituents is 1. The van der Waals surface area contributed by atoms with Crippen LogP contribution < -0.4 is 16.5 Å². The maximum Gasteiger partial charge on any atom is 0.293 e. The average molecular weight is 281 g/mol. The first-order chi connectivity index (χ1) is 8.90. The van der Waals surface area contributed by atoms with E-state index in [4.69, 9.17) is 5.73 Å². The summed E-state index contributed by atoms with van der Waals surface area (Å²) < 4.78 is 0. The number of hydrogen-bond acceptors (Lipinski definition) is 5. The Balaban J connectivity index is 3.02. The van der Waals surface area contributed by atoms with Gasteiger partial charge in [-0.25, -0.2) is 0 Å². The molecule has 0 unspecified atom stereocenters. The van der Waals surface area contributed by atoms with Crippen LogP contribution in [-0.4, -0.2) is 22.2 Å². The standard InChI is InChI=1S/C10H11N5O3S/c1-6(16)13-8-3-2-7(4-9(8)15(17)18)5-12-14-10(11)19/h2-5H,1H3,(H,13,16)(H3,11,14,19). The molecule has 0 atom stereocenters. The first-order valence-corrected chi connectivity index (χ1v) is 5.45. The molecule has 0 saturated carbocycles. The average Bonchev–Trinajstić information content (AvgIpc) is 2.29. The van der Waals surface area contributed by atoms with Gasteiger partial charge in [-0.1, -0.05) is 6.07 Å². The molecule has 0 bridgehead atoms. The van der Waals surface area contributed by atoms with Crippen molar-refractivity contribution in [3.63, 3.8) is 0 Å². The van der Waals surface area contributed by atoms with Crippen LogP contribution in [0.4, 0.5) is 11.4 Å². The van der Waals surface area contributed by atoms with Gasteiger partial charge < -0.3 is 11.1 Å². The molecule has 0 heterocycles. The quantitative estimate of drug-likeness (QED) is 0.323. The Hall–Kier alpha value is -2.55. The van der Waals surface area contributed by atoms with Crippen LogP contribution in [0.25, 0.3) is 0 Å². The molecule has 0 saturated heterocycles. The van der Waals surface area contributed by atoms with Crippen molar-refractivity contribution in [2.45, 2.75) is 6.92 Å². The van der Waals surface area contributed by atoms with Crippen LogP contribution >= 0.6 is 12.2 Å². The van der Waals surface area contributed by atoms with Crippen molar-refractivity contribution in [1.29, 1.82) is 0 Å². The van der Waals surface area contributed by atoms with Crippen molar-refractivity contribution in [3.05, 3.63) is 33.9 Å². The van der Waals surface area contributed by atoms with Gasteiger partial charge in [0.25, 0.3) is 5.69 Å². The number of benzene rings is 1. The topological polar surface area (TPSA) is 123 Å². The Labute approximate surface area is 113 Å². The largest absolute Gasteiger partial charge is 0.375 e. The fraction of sp³-hybridized carbons (Fsp3) is 0.100. The van der Waals surface area contributed by atoms with Crippen molar-refractivity contribution in [2.24, 2.45) is 10.8 Å². The lowest BCUT2D eigenvalue weighted by Crippen LogP contribution is -2.24. The van der Waals surface area contributed by atoms with E-state index in [1.165, 1.54) is 25.3 Å². The molecule has 100 valence electrons. The van der Waals surface area contributed by atoms with Crippen molar-refractivity contribution < 1.29 is 9.72 Å². The zero-order chi connectivity index (χ0) is 14.4. The van der Waals surface area contributed by atoms with Gasteiger partial charge in [0.2, 0.25) is 5.91 Å². The molecule has 0 aliphatic carbocycles. The lowest BCUT2D eigenvalue weighted by atomic mass is 10.2. The molecular formula is C10H11N5O3S. The number of hydrogen-bond donors (Lipinski definition) is 3. The number of thiocarbonyl (C=S) groups is 1. The molecule has 0 fully saturated rings. The van der Waals surface area contributed by atoms with E-state index in [2.05, 4.69) is 28.1 Å². The Bertz CT molecular complexity index is 558. The van der Waals surface area contributed by atoms with Crippen molar-refractivity contribution in [1.82, 2.24) is 5.43 Å².